The second-order valence-electron chi connectivity index (χ2n) is 6.44. The Morgan fingerprint density at radius 1 is 0.741 bits per heavy atom. The first-order chi connectivity index (χ1) is 13.0. The Labute approximate surface area is 161 Å². The van der Waals surface area contributed by atoms with Gasteiger partial charge in [-0.05, 0) is 44.3 Å². The quantitative estimate of drug-likeness (QED) is 0.105. The van der Waals surface area contributed by atoms with E-state index in [1.165, 1.54) is 6.08 Å². The molecule has 0 N–H and O–H groups in total. The van der Waals surface area contributed by atoms with Crippen molar-refractivity contribution in [3.8, 4) is 0 Å². The highest BCUT2D eigenvalue weighted by atomic mass is 16.6. The van der Waals surface area contributed by atoms with Crippen molar-refractivity contribution < 1.29 is 14.6 Å². The summed E-state index contributed by atoms with van der Waals surface area (Å²) in [4.78, 5) is 31.5. The third kappa shape index (κ3) is 14.5. The molecule has 0 rings (SSSR count). The molecule has 0 saturated heterocycles. The van der Waals surface area contributed by atoms with E-state index in [-0.39, 0.29) is 24.2 Å². The summed E-state index contributed by atoms with van der Waals surface area (Å²) in [5.74, 6) is 0. The molecular weight excluding hydrogens is 348 g/mol. The first-order valence-electron chi connectivity index (χ1n) is 9.78. The number of carbonyl (C=O) groups is 1. The molecule has 0 aromatic heterocycles. The summed E-state index contributed by atoms with van der Waals surface area (Å²) in [7, 11) is 0. The fourth-order valence-corrected chi connectivity index (χ4v) is 2.52. The minimum atomic E-state index is -0.474. The van der Waals surface area contributed by atoms with Crippen LogP contribution in [0.1, 0.15) is 84.0 Å². The second-order valence-corrected chi connectivity index (χ2v) is 6.44. The predicted octanol–water partition coefficient (Wildman–Crippen LogP) is 5.76. The van der Waals surface area contributed by atoms with E-state index < -0.39 is 9.85 Å². The van der Waals surface area contributed by atoms with E-state index in [4.69, 9.17) is 0 Å². The van der Waals surface area contributed by atoms with Crippen molar-refractivity contribution >= 4 is 6.29 Å². The van der Waals surface area contributed by atoms with Crippen molar-refractivity contribution in [1.29, 1.82) is 0 Å². The van der Waals surface area contributed by atoms with Crippen molar-refractivity contribution in [1.82, 2.24) is 0 Å². The van der Waals surface area contributed by atoms with Crippen LogP contribution in [0.4, 0.5) is 0 Å². The van der Waals surface area contributed by atoms with Crippen LogP contribution in [0.5, 0.6) is 0 Å². The predicted molar refractivity (Wildman–Crippen MR) is 106 cm³/mol. The van der Waals surface area contributed by atoms with Gasteiger partial charge in [-0.25, -0.2) is 0 Å². The molecular formula is C20H32N2O5. The highest BCUT2D eigenvalue weighted by molar-refractivity contribution is 5.48. The summed E-state index contributed by atoms with van der Waals surface area (Å²) in [5, 5.41) is 22.2. The molecule has 27 heavy (non-hydrogen) atoms. The highest BCUT2D eigenvalue weighted by Gasteiger charge is 2.13. The van der Waals surface area contributed by atoms with Crippen LogP contribution in [0.3, 0.4) is 0 Å². The average Bonchev–Trinajstić information content (AvgIpc) is 2.63. The number of nitro groups is 2. The third-order valence-corrected chi connectivity index (χ3v) is 4.14. The third-order valence-electron chi connectivity index (χ3n) is 4.14. The van der Waals surface area contributed by atoms with Crippen LogP contribution in [0, 0.1) is 20.2 Å². The summed E-state index contributed by atoms with van der Waals surface area (Å²) in [6, 6.07) is 0. The zero-order chi connectivity index (χ0) is 20.3. The Kier molecular flexibility index (Phi) is 15.7. The molecule has 0 unspecified atom stereocenters. The molecule has 0 aliphatic rings. The van der Waals surface area contributed by atoms with Gasteiger partial charge in [-0.15, -0.1) is 0 Å². The lowest BCUT2D eigenvalue weighted by atomic mass is 10.1. The van der Waals surface area contributed by atoms with Gasteiger partial charge in [0.15, 0.2) is 0 Å². The smallest absolute Gasteiger partial charge is 0.246 e. The van der Waals surface area contributed by atoms with E-state index in [1.54, 1.807) is 12.2 Å². The number of nitrogens with zero attached hydrogens (tertiary/aromatic N) is 2. The molecule has 0 aromatic rings. The van der Waals surface area contributed by atoms with Crippen LogP contribution in [-0.2, 0) is 4.79 Å². The Hall–Kier alpha value is -2.31. The monoisotopic (exact) mass is 380 g/mol. The number of rotatable bonds is 17. The van der Waals surface area contributed by atoms with Crippen LogP contribution < -0.4 is 0 Å². The molecule has 0 saturated carbocycles. The van der Waals surface area contributed by atoms with Gasteiger partial charge in [0.2, 0.25) is 11.4 Å². The highest BCUT2D eigenvalue weighted by Crippen LogP contribution is 2.13. The van der Waals surface area contributed by atoms with E-state index in [0.717, 1.165) is 57.7 Å². The van der Waals surface area contributed by atoms with E-state index in [9.17, 15) is 25.0 Å². The van der Waals surface area contributed by atoms with Crippen LogP contribution >= 0.6 is 0 Å². The van der Waals surface area contributed by atoms with Gasteiger partial charge in [0.25, 0.3) is 0 Å². The molecule has 0 fully saturated rings. The molecule has 0 bridgehead atoms. The van der Waals surface area contributed by atoms with Gasteiger partial charge in [0.1, 0.15) is 6.29 Å². The summed E-state index contributed by atoms with van der Waals surface area (Å²) in [6.45, 7) is 2.06. The van der Waals surface area contributed by atoms with Gasteiger partial charge < -0.3 is 4.79 Å². The van der Waals surface area contributed by atoms with E-state index in [0.29, 0.717) is 12.8 Å². The topological polar surface area (TPSA) is 103 Å². The van der Waals surface area contributed by atoms with Crippen molar-refractivity contribution in [3.05, 3.63) is 55.9 Å². The van der Waals surface area contributed by atoms with Crippen LogP contribution in [0.25, 0.3) is 0 Å². The van der Waals surface area contributed by atoms with Gasteiger partial charge in [-0.1, -0.05) is 44.8 Å². The largest absolute Gasteiger partial charge is 0.303 e. The van der Waals surface area contributed by atoms with Crippen molar-refractivity contribution in [2.24, 2.45) is 0 Å². The molecule has 0 aliphatic carbocycles. The molecule has 0 spiro atoms. The Balaban J connectivity index is 4.42. The second kappa shape index (κ2) is 17.1. The number of hydrogen-bond donors (Lipinski definition) is 0. The Morgan fingerprint density at radius 3 is 1.93 bits per heavy atom. The van der Waals surface area contributed by atoms with E-state index in [2.05, 4.69) is 6.92 Å². The molecule has 0 heterocycles. The molecule has 0 aromatic carbocycles. The minimum Gasteiger partial charge on any atom is -0.303 e. The standard InChI is InChI=1S/C20H32N2O5/c1-2-3-4-11-14-19(21(24)25)16-17-20(22(26)27)15-12-9-7-5-6-8-10-13-18-23/h9,12,14,17-18H,2-8,10-11,13,15-16H2,1H3/b12-9-,19-14+,20-17+. The summed E-state index contributed by atoms with van der Waals surface area (Å²) in [6.07, 6.45) is 16.6. The van der Waals surface area contributed by atoms with Gasteiger partial charge in [0, 0.05) is 6.42 Å². The number of carbonyl (C=O) groups excluding carboxylic acids is 1. The molecule has 0 radical (unpaired) electrons. The number of unbranched alkanes of at least 4 members (excludes halogenated alkanes) is 8. The van der Waals surface area contributed by atoms with Crippen molar-refractivity contribution in [2.75, 3.05) is 0 Å². The fourth-order valence-electron chi connectivity index (χ4n) is 2.52. The van der Waals surface area contributed by atoms with Gasteiger partial charge >= 0.3 is 0 Å². The lowest BCUT2D eigenvalue weighted by Gasteiger charge is -1.98. The minimum absolute atomic E-state index is 0.0152. The zero-order valence-corrected chi connectivity index (χ0v) is 16.3. The number of allylic oxidation sites excluding steroid dienone is 4. The maximum atomic E-state index is 11.1. The number of hydrogen-bond acceptors (Lipinski definition) is 5. The molecule has 0 aliphatic heterocycles. The normalized spacial score (nSPS) is 12.5. The average molecular weight is 380 g/mol. The van der Waals surface area contributed by atoms with E-state index >= 15 is 0 Å². The molecule has 0 amide bonds. The lowest BCUT2D eigenvalue weighted by Crippen LogP contribution is -2.01. The molecule has 7 nitrogen and oxygen atoms in total. The molecule has 7 heteroatoms. The zero-order valence-electron chi connectivity index (χ0n) is 16.3. The van der Waals surface area contributed by atoms with Crippen LogP contribution in [0.2, 0.25) is 0 Å². The van der Waals surface area contributed by atoms with Crippen LogP contribution in [0.15, 0.2) is 35.7 Å². The SMILES string of the molecule is CCCCC/C=C(\C/C=C(\C/C=C\CCCCCCC=O)[N+](=O)[O-])[N+](=O)[O-]. The molecule has 0 atom stereocenters. The number of aldehydes is 1. The van der Waals surface area contributed by atoms with Gasteiger partial charge in [-0.3, -0.25) is 20.2 Å². The van der Waals surface area contributed by atoms with Gasteiger partial charge in [0.05, 0.1) is 22.7 Å². The van der Waals surface area contributed by atoms with Crippen LogP contribution in [-0.4, -0.2) is 16.1 Å². The Morgan fingerprint density at radius 2 is 1.33 bits per heavy atom. The van der Waals surface area contributed by atoms with Crippen molar-refractivity contribution in [2.45, 2.75) is 84.0 Å². The maximum absolute atomic E-state index is 11.1. The summed E-state index contributed by atoms with van der Waals surface area (Å²) < 4.78 is 0. The fraction of sp³-hybridized carbons (Fsp3) is 0.650. The summed E-state index contributed by atoms with van der Waals surface area (Å²) >= 11 is 0. The lowest BCUT2D eigenvalue weighted by molar-refractivity contribution is -0.431. The summed E-state index contributed by atoms with van der Waals surface area (Å²) in [5.41, 5.74) is 0.00305. The molecule has 152 valence electrons. The maximum Gasteiger partial charge on any atom is 0.246 e. The first-order valence-corrected chi connectivity index (χ1v) is 9.78. The van der Waals surface area contributed by atoms with Gasteiger partial charge in [-0.2, -0.15) is 0 Å². The Bertz CT molecular complexity index is 538. The van der Waals surface area contributed by atoms with E-state index in [1.807, 2.05) is 6.08 Å². The van der Waals surface area contributed by atoms with Crippen molar-refractivity contribution in [3.63, 3.8) is 0 Å². The first kappa shape index (κ1) is 24.7.